The second-order valence-electron chi connectivity index (χ2n) is 2.92. The van der Waals surface area contributed by atoms with Crippen LogP contribution in [0.3, 0.4) is 0 Å². The highest BCUT2D eigenvalue weighted by Gasteiger charge is 2.18. The van der Waals surface area contributed by atoms with Crippen LogP contribution in [-0.4, -0.2) is 26.6 Å². The van der Waals surface area contributed by atoms with Gasteiger partial charge in [-0.3, -0.25) is 10.1 Å². The molecule has 2 aromatic heterocycles. The smallest absolute Gasteiger partial charge is 0.314 e. The average molecular weight is 208 g/mol. The minimum absolute atomic E-state index is 0.0867. The lowest BCUT2D eigenvalue weighted by atomic mass is 10.4. The van der Waals surface area contributed by atoms with Crippen molar-refractivity contribution in [2.75, 3.05) is 7.11 Å². The van der Waals surface area contributed by atoms with Gasteiger partial charge in [-0.15, -0.1) is 10.2 Å². The van der Waals surface area contributed by atoms with Gasteiger partial charge in [-0.05, 0) is 6.92 Å². The van der Waals surface area contributed by atoms with Gasteiger partial charge in [0.25, 0.3) is 0 Å². The number of ether oxygens (including phenoxy) is 1. The molecule has 0 unspecified atom stereocenters. The third kappa shape index (κ3) is 1.28. The fourth-order valence-electron chi connectivity index (χ4n) is 1.39. The molecule has 15 heavy (non-hydrogen) atoms. The van der Waals surface area contributed by atoms with Crippen LogP contribution in [0.1, 0.15) is 5.82 Å². The van der Waals surface area contributed by atoms with Gasteiger partial charge in [-0.2, -0.15) is 0 Å². The second-order valence-corrected chi connectivity index (χ2v) is 2.92. The van der Waals surface area contributed by atoms with Gasteiger partial charge in [0.2, 0.25) is 11.5 Å². The van der Waals surface area contributed by atoms with Gasteiger partial charge >= 0.3 is 5.69 Å². The highest BCUT2D eigenvalue weighted by molar-refractivity contribution is 5.60. The van der Waals surface area contributed by atoms with E-state index in [9.17, 15) is 10.1 Å². The largest absolute Gasteiger partial charge is 0.482 e. The molecule has 0 saturated carbocycles. The van der Waals surface area contributed by atoms with E-state index in [0.717, 1.165) is 0 Å². The Morgan fingerprint density at radius 2 is 2.20 bits per heavy atom. The Morgan fingerprint density at radius 3 is 2.80 bits per heavy atom. The van der Waals surface area contributed by atoms with Crippen LogP contribution in [0, 0.1) is 17.0 Å². The van der Waals surface area contributed by atoms with Gasteiger partial charge in [0.05, 0.1) is 12.0 Å². The van der Waals surface area contributed by atoms with Crippen LogP contribution in [-0.2, 0) is 0 Å². The zero-order valence-corrected chi connectivity index (χ0v) is 8.17. The first kappa shape index (κ1) is 9.38. The topological polar surface area (TPSA) is 82.6 Å². The molecule has 0 radical (unpaired) electrons. The van der Waals surface area contributed by atoms with Crippen molar-refractivity contribution in [1.29, 1.82) is 0 Å². The van der Waals surface area contributed by atoms with Crippen LogP contribution in [0.15, 0.2) is 12.1 Å². The minimum Gasteiger partial charge on any atom is -0.482 e. The minimum atomic E-state index is -0.497. The van der Waals surface area contributed by atoms with Crippen LogP contribution < -0.4 is 4.74 Å². The van der Waals surface area contributed by atoms with Crippen LogP contribution in [0.5, 0.6) is 5.88 Å². The van der Waals surface area contributed by atoms with Crippen molar-refractivity contribution in [3.05, 3.63) is 28.1 Å². The standard InChI is InChI=1S/C8H8N4O3/c1-5-9-10-8-6(12(13)14)3-4-7(15-2)11(5)8/h3-4H,1-2H3. The Kier molecular flexibility index (Phi) is 2.00. The SMILES string of the molecule is COc1ccc([N+](=O)[O-])c2nnc(C)n12. The molecule has 0 saturated heterocycles. The maximum absolute atomic E-state index is 10.7. The van der Waals surface area contributed by atoms with E-state index < -0.39 is 4.92 Å². The molecule has 78 valence electrons. The molecular formula is C8H8N4O3. The van der Waals surface area contributed by atoms with Gasteiger partial charge < -0.3 is 4.74 Å². The van der Waals surface area contributed by atoms with E-state index in [1.807, 2.05) is 0 Å². The van der Waals surface area contributed by atoms with Gasteiger partial charge in [0, 0.05) is 12.1 Å². The summed E-state index contributed by atoms with van der Waals surface area (Å²) >= 11 is 0. The molecule has 0 aromatic carbocycles. The van der Waals surface area contributed by atoms with E-state index in [0.29, 0.717) is 11.7 Å². The molecule has 0 spiro atoms. The van der Waals surface area contributed by atoms with E-state index in [1.165, 1.54) is 23.6 Å². The van der Waals surface area contributed by atoms with Gasteiger partial charge in [0.1, 0.15) is 5.82 Å². The zero-order valence-electron chi connectivity index (χ0n) is 8.17. The summed E-state index contributed by atoms with van der Waals surface area (Å²) in [5.74, 6) is 1.02. The summed E-state index contributed by atoms with van der Waals surface area (Å²) < 4.78 is 6.56. The molecule has 0 aliphatic heterocycles. The van der Waals surface area contributed by atoms with Crippen LogP contribution in [0.25, 0.3) is 5.65 Å². The van der Waals surface area contributed by atoms with E-state index >= 15 is 0 Å². The fourth-order valence-corrected chi connectivity index (χ4v) is 1.39. The maximum atomic E-state index is 10.7. The Balaban J connectivity index is 2.85. The third-order valence-corrected chi connectivity index (χ3v) is 2.06. The first-order valence-electron chi connectivity index (χ1n) is 4.18. The Morgan fingerprint density at radius 1 is 1.47 bits per heavy atom. The Hall–Kier alpha value is -2.18. The highest BCUT2D eigenvalue weighted by atomic mass is 16.6. The predicted molar refractivity (Wildman–Crippen MR) is 50.9 cm³/mol. The number of nitrogens with zero attached hydrogens (tertiary/aromatic N) is 4. The lowest BCUT2D eigenvalue weighted by molar-refractivity contribution is -0.383. The number of aromatic nitrogens is 3. The quantitative estimate of drug-likeness (QED) is 0.542. The number of rotatable bonds is 2. The highest BCUT2D eigenvalue weighted by Crippen LogP contribution is 2.24. The lowest BCUT2D eigenvalue weighted by Crippen LogP contribution is -1.99. The maximum Gasteiger partial charge on any atom is 0.314 e. The molecule has 0 aliphatic carbocycles. The summed E-state index contributed by atoms with van der Waals surface area (Å²) in [6, 6.07) is 2.86. The van der Waals surface area contributed by atoms with E-state index in [1.54, 1.807) is 6.92 Å². The van der Waals surface area contributed by atoms with E-state index in [2.05, 4.69) is 10.2 Å². The van der Waals surface area contributed by atoms with Crippen molar-refractivity contribution in [2.45, 2.75) is 6.92 Å². The van der Waals surface area contributed by atoms with Crippen molar-refractivity contribution in [3.8, 4) is 5.88 Å². The van der Waals surface area contributed by atoms with Crippen LogP contribution >= 0.6 is 0 Å². The van der Waals surface area contributed by atoms with Crippen molar-refractivity contribution in [2.24, 2.45) is 0 Å². The molecule has 2 aromatic rings. The number of fused-ring (bicyclic) bond motifs is 1. The first-order valence-corrected chi connectivity index (χ1v) is 4.18. The summed E-state index contributed by atoms with van der Waals surface area (Å²) in [6.45, 7) is 1.70. The van der Waals surface area contributed by atoms with E-state index in [-0.39, 0.29) is 11.3 Å². The Bertz CT molecular complexity index is 534. The molecule has 0 fully saturated rings. The van der Waals surface area contributed by atoms with Crippen molar-refractivity contribution >= 4 is 11.3 Å². The fraction of sp³-hybridized carbons (Fsp3) is 0.250. The predicted octanol–water partition coefficient (Wildman–Crippen LogP) is 0.955. The molecule has 0 amide bonds. The number of nitro groups is 1. The van der Waals surface area contributed by atoms with Gasteiger partial charge in [-0.1, -0.05) is 0 Å². The second kappa shape index (κ2) is 3.19. The molecule has 0 N–H and O–H groups in total. The van der Waals surface area contributed by atoms with E-state index in [4.69, 9.17) is 4.74 Å². The third-order valence-electron chi connectivity index (χ3n) is 2.06. The number of methoxy groups -OCH3 is 1. The van der Waals surface area contributed by atoms with Crippen LogP contribution in [0.2, 0.25) is 0 Å². The summed E-state index contributed by atoms with van der Waals surface area (Å²) in [5.41, 5.74) is 0.105. The van der Waals surface area contributed by atoms with Crippen LogP contribution in [0.4, 0.5) is 5.69 Å². The monoisotopic (exact) mass is 208 g/mol. The van der Waals surface area contributed by atoms with Gasteiger partial charge in [-0.25, -0.2) is 4.40 Å². The number of aryl methyl sites for hydroxylation is 1. The molecule has 2 rings (SSSR count). The van der Waals surface area contributed by atoms with Gasteiger partial charge in [0.15, 0.2) is 0 Å². The molecule has 7 nitrogen and oxygen atoms in total. The zero-order chi connectivity index (χ0) is 11.0. The lowest BCUT2D eigenvalue weighted by Gasteiger charge is -2.03. The number of pyridine rings is 1. The molecule has 0 aliphatic rings. The molecule has 0 bridgehead atoms. The normalized spacial score (nSPS) is 10.5. The Labute approximate surface area is 84.5 Å². The summed E-state index contributed by atoms with van der Waals surface area (Å²) in [6.07, 6.45) is 0. The van der Waals surface area contributed by atoms with Crippen molar-refractivity contribution < 1.29 is 9.66 Å². The molecule has 7 heteroatoms. The average Bonchev–Trinajstić information content (AvgIpc) is 2.60. The summed E-state index contributed by atoms with van der Waals surface area (Å²) in [5, 5.41) is 18.2. The molecule has 0 atom stereocenters. The number of hydrogen-bond donors (Lipinski definition) is 0. The summed E-state index contributed by atoms with van der Waals surface area (Å²) in [4.78, 5) is 10.2. The first-order chi connectivity index (χ1) is 7.15. The van der Waals surface area contributed by atoms with Crippen molar-refractivity contribution in [3.63, 3.8) is 0 Å². The molecule has 2 heterocycles. The molecular weight excluding hydrogens is 200 g/mol. The summed E-state index contributed by atoms with van der Waals surface area (Å²) in [7, 11) is 1.49. The van der Waals surface area contributed by atoms with Crippen molar-refractivity contribution in [1.82, 2.24) is 14.6 Å². The number of hydrogen-bond acceptors (Lipinski definition) is 5.